The van der Waals surface area contributed by atoms with Crippen molar-refractivity contribution in [1.82, 2.24) is 9.88 Å². The SMILES string of the molecule is COc1ccc(S(=O)(=O)CCC(=O)N2CCC(Oc3nc4c(C)cccc4s3)CC2)cc1. The highest BCUT2D eigenvalue weighted by Gasteiger charge is 2.26. The first-order valence-electron chi connectivity index (χ1n) is 10.5. The molecule has 4 rings (SSSR count). The number of aromatic nitrogens is 1. The average molecular weight is 475 g/mol. The van der Waals surface area contributed by atoms with E-state index in [0.717, 1.165) is 15.8 Å². The van der Waals surface area contributed by atoms with Crippen molar-refractivity contribution in [2.45, 2.75) is 37.2 Å². The number of hydrogen-bond acceptors (Lipinski definition) is 7. The molecule has 3 aromatic rings. The minimum Gasteiger partial charge on any atom is -0.497 e. The lowest BCUT2D eigenvalue weighted by atomic mass is 10.1. The third-order valence-corrected chi connectivity index (χ3v) is 8.31. The first kappa shape index (κ1) is 22.5. The summed E-state index contributed by atoms with van der Waals surface area (Å²) < 4.78 is 37.3. The number of aryl methyl sites for hydroxylation is 1. The maximum atomic E-state index is 12.6. The summed E-state index contributed by atoms with van der Waals surface area (Å²) in [5, 5.41) is 0.657. The molecule has 1 aliphatic rings. The Morgan fingerprint density at radius 2 is 1.88 bits per heavy atom. The van der Waals surface area contributed by atoms with Crippen LogP contribution in [0.25, 0.3) is 10.2 Å². The van der Waals surface area contributed by atoms with Crippen molar-refractivity contribution in [2.75, 3.05) is 26.0 Å². The van der Waals surface area contributed by atoms with Gasteiger partial charge < -0.3 is 14.4 Å². The van der Waals surface area contributed by atoms with Gasteiger partial charge in [0.05, 0.1) is 28.0 Å². The predicted molar refractivity (Wildman–Crippen MR) is 124 cm³/mol. The molecular formula is C23H26N2O5S2. The van der Waals surface area contributed by atoms with Crippen LogP contribution in [0.15, 0.2) is 47.4 Å². The van der Waals surface area contributed by atoms with Crippen LogP contribution in [0.5, 0.6) is 10.9 Å². The second-order valence-corrected chi connectivity index (χ2v) is 10.9. The molecule has 7 nitrogen and oxygen atoms in total. The van der Waals surface area contributed by atoms with Crippen LogP contribution in [0.2, 0.25) is 0 Å². The predicted octanol–water partition coefficient (Wildman–Crippen LogP) is 3.85. The molecule has 0 spiro atoms. The van der Waals surface area contributed by atoms with Gasteiger partial charge in [-0.15, -0.1) is 0 Å². The van der Waals surface area contributed by atoms with E-state index in [1.54, 1.807) is 17.0 Å². The van der Waals surface area contributed by atoms with Crippen molar-refractivity contribution in [3.63, 3.8) is 0 Å². The standard InChI is InChI=1S/C23H26N2O5S2/c1-16-4-3-5-20-22(16)24-23(31-20)30-18-10-13-25(14-11-18)21(26)12-15-32(27,28)19-8-6-17(29-2)7-9-19/h3-9,18H,10-15H2,1-2H3. The summed E-state index contributed by atoms with van der Waals surface area (Å²) in [5.74, 6) is 0.238. The van der Waals surface area contributed by atoms with Gasteiger partial charge in [0.2, 0.25) is 5.91 Å². The van der Waals surface area contributed by atoms with Crippen LogP contribution in [0, 0.1) is 6.92 Å². The Balaban J connectivity index is 1.27. The topological polar surface area (TPSA) is 85.8 Å². The zero-order chi connectivity index (χ0) is 22.7. The number of likely N-dealkylation sites (tertiary alicyclic amines) is 1. The number of rotatable bonds is 7. The van der Waals surface area contributed by atoms with Gasteiger partial charge in [0.25, 0.3) is 5.19 Å². The Kier molecular flexibility index (Phi) is 6.66. The summed E-state index contributed by atoms with van der Waals surface area (Å²) in [6.45, 7) is 3.14. The molecule has 1 aliphatic heterocycles. The summed E-state index contributed by atoms with van der Waals surface area (Å²) >= 11 is 1.53. The molecule has 1 aromatic heterocycles. The first-order valence-corrected chi connectivity index (χ1v) is 13.0. The number of para-hydroxylation sites is 1. The van der Waals surface area contributed by atoms with E-state index in [4.69, 9.17) is 9.47 Å². The smallest absolute Gasteiger partial charge is 0.274 e. The summed E-state index contributed by atoms with van der Waals surface area (Å²) in [5.41, 5.74) is 2.09. The van der Waals surface area contributed by atoms with E-state index in [9.17, 15) is 13.2 Å². The highest BCUT2D eigenvalue weighted by atomic mass is 32.2. The summed E-state index contributed by atoms with van der Waals surface area (Å²) in [4.78, 5) is 19.1. The van der Waals surface area contributed by atoms with Crippen LogP contribution >= 0.6 is 11.3 Å². The lowest BCUT2D eigenvalue weighted by molar-refractivity contribution is -0.132. The highest BCUT2D eigenvalue weighted by Crippen LogP contribution is 2.31. The molecule has 0 radical (unpaired) electrons. The van der Waals surface area contributed by atoms with E-state index in [-0.39, 0.29) is 29.1 Å². The van der Waals surface area contributed by atoms with Crippen LogP contribution in [-0.4, -0.2) is 56.3 Å². The van der Waals surface area contributed by atoms with Gasteiger partial charge in [0, 0.05) is 32.4 Å². The van der Waals surface area contributed by atoms with Crippen LogP contribution in [0.3, 0.4) is 0 Å². The number of thiazole rings is 1. The lowest BCUT2D eigenvalue weighted by Crippen LogP contribution is -2.42. The summed E-state index contributed by atoms with van der Waals surface area (Å²) in [7, 11) is -2.00. The van der Waals surface area contributed by atoms with Crippen molar-refractivity contribution >= 4 is 37.3 Å². The molecule has 0 aliphatic carbocycles. The molecule has 0 atom stereocenters. The van der Waals surface area contributed by atoms with Gasteiger partial charge in [0.15, 0.2) is 9.84 Å². The number of sulfone groups is 1. The maximum absolute atomic E-state index is 12.6. The van der Waals surface area contributed by atoms with Crippen LogP contribution in [0.1, 0.15) is 24.8 Å². The van der Waals surface area contributed by atoms with Crippen molar-refractivity contribution in [3.05, 3.63) is 48.0 Å². The van der Waals surface area contributed by atoms with Crippen molar-refractivity contribution in [1.29, 1.82) is 0 Å². The Hall–Kier alpha value is -2.65. The fourth-order valence-corrected chi connectivity index (χ4v) is 5.95. The molecule has 1 fully saturated rings. The Bertz CT molecular complexity index is 1200. The molecular weight excluding hydrogens is 448 g/mol. The fourth-order valence-electron chi connectivity index (χ4n) is 3.76. The number of methoxy groups -OCH3 is 1. The van der Waals surface area contributed by atoms with Crippen LogP contribution in [-0.2, 0) is 14.6 Å². The normalized spacial score (nSPS) is 15.1. The quantitative estimate of drug-likeness (QED) is 0.517. The molecule has 2 heterocycles. The number of nitrogens with zero attached hydrogens (tertiary/aromatic N) is 2. The van der Waals surface area contributed by atoms with Crippen LogP contribution in [0.4, 0.5) is 0 Å². The molecule has 0 bridgehead atoms. The monoisotopic (exact) mass is 474 g/mol. The number of ether oxygens (including phenoxy) is 2. The molecule has 170 valence electrons. The third kappa shape index (κ3) is 5.05. The van der Waals surface area contributed by atoms with E-state index in [1.165, 1.54) is 30.6 Å². The molecule has 1 saturated heterocycles. The van der Waals surface area contributed by atoms with Gasteiger partial charge in [-0.25, -0.2) is 13.4 Å². The number of piperidine rings is 1. The zero-order valence-electron chi connectivity index (χ0n) is 18.1. The van der Waals surface area contributed by atoms with Gasteiger partial charge in [-0.05, 0) is 42.8 Å². The van der Waals surface area contributed by atoms with Crippen molar-refractivity contribution in [2.24, 2.45) is 0 Å². The number of amides is 1. The second-order valence-electron chi connectivity index (χ2n) is 7.84. The largest absolute Gasteiger partial charge is 0.497 e. The van der Waals surface area contributed by atoms with E-state index in [0.29, 0.717) is 36.9 Å². The molecule has 32 heavy (non-hydrogen) atoms. The van der Waals surface area contributed by atoms with E-state index >= 15 is 0 Å². The minimum atomic E-state index is -3.52. The van der Waals surface area contributed by atoms with E-state index in [1.807, 2.05) is 25.1 Å². The van der Waals surface area contributed by atoms with Gasteiger partial charge in [0.1, 0.15) is 11.9 Å². The van der Waals surface area contributed by atoms with E-state index < -0.39 is 9.84 Å². The van der Waals surface area contributed by atoms with Gasteiger partial charge >= 0.3 is 0 Å². The van der Waals surface area contributed by atoms with E-state index in [2.05, 4.69) is 4.98 Å². The molecule has 2 aromatic carbocycles. The van der Waals surface area contributed by atoms with Crippen molar-refractivity contribution in [3.8, 4) is 10.9 Å². The number of hydrogen-bond donors (Lipinski definition) is 0. The Labute approximate surface area is 191 Å². The minimum absolute atomic E-state index is 0.00273. The van der Waals surface area contributed by atoms with Gasteiger partial charge in [-0.2, -0.15) is 0 Å². The number of carbonyl (C=O) groups excluding carboxylic acids is 1. The number of carbonyl (C=O) groups is 1. The molecule has 0 N–H and O–H groups in total. The maximum Gasteiger partial charge on any atom is 0.274 e. The average Bonchev–Trinajstić information content (AvgIpc) is 3.22. The highest BCUT2D eigenvalue weighted by molar-refractivity contribution is 7.91. The van der Waals surface area contributed by atoms with Gasteiger partial charge in [-0.3, -0.25) is 4.79 Å². The Morgan fingerprint density at radius 1 is 1.16 bits per heavy atom. The third-order valence-electron chi connectivity index (χ3n) is 5.67. The molecule has 9 heteroatoms. The zero-order valence-corrected chi connectivity index (χ0v) is 19.7. The molecule has 0 saturated carbocycles. The lowest BCUT2D eigenvalue weighted by Gasteiger charge is -2.31. The first-order chi connectivity index (χ1) is 15.4. The Morgan fingerprint density at radius 3 is 2.53 bits per heavy atom. The summed E-state index contributed by atoms with van der Waals surface area (Å²) in [6.07, 6.45) is 1.37. The van der Waals surface area contributed by atoms with Crippen molar-refractivity contribution < 1.29 is 22.7 Å². The van der Waals surface area contributed by atoms with Gasteiger partial charge in [-0.1, -0.05) is 23.5 Å². The summed E-state index contributed by atoms with van der Waals surface area (Å²) in [6, 6.07) is 12.3. The molecule has 0 unspecified atom stereocenters. The fraction of sp³-hybridized carbons (Fsp3) is 0.391. The number of fused-ring (bicyclic) bond motifs is 1. The molecule has 1 amide bonds. The second kappa shape index (κ2) is 9.46. The number of benzene rings is 2. The van der Waals surface area contributed by atoms with Crippen LogP contribution < -0.4 is 9.47 Å².